The first-order valence-electron chi connectivity index (χ1n) is 14.5. The van der Waals surface area contributed by atoms with Crippen LogP contribution < -0.4 is 5.32 Å². The van der Waals surface area contributed by atoms with Crippen molar-refractivity contribution in [2.75, 3.05) is 38.5 Å². The summed E-state index contributed by atoms with van der Waals surface area (Å²) >= 11 is 0. The summed E-state index contributed by atoms with van der Waals surface area (Å²) in [6.07, 6.45) is 5.93. The molecule has 0 saturated carbocycles. The van der Waals surface area contributed by atoms with Gasteiger partial charge in [-0.2, -0.15) is 0 Å². The van der Waals surface area contributed by atoms with Crippen LogP contribution in [-0.2, 0) is 22.5 Å². The summed E-state index contributed by atoms with van der Waals surface area (Å²) in [5.74, 6) is 2.52. The summed E-state index contributed by atoms with van der Waals surface area (Å²) in [5.41, 5.74) is 4.00. The third-order valence-corrected chi connectivity index (χ3v) is 7.76. The Morgan fingerprint density at radius 3 is 2.48 bits per heavy atom. The van der Waals surface area contributed by atoms with Gasteiger partial charge < -0.3 is 15.0 Å². The SMILES string of the molecule is Cc1cccc(-c2nccc(Nc3ccnc(Cc4ccc(CN5CCC(C(=O)O[C@@H]6CCN(C)C6)C5)cc4)n3)n2)n1. The molecule has 0 bridgehead atoms. The van der Waals surface area contributed by atoms with Gasteiger partial charge in [-0.1, -0.05) is 30.3 Å². The number of pyridine rings is 1. The minimum absolute atomic E-state index is 0.0265. The second kappa shape index (κ2) is 12.7. The summed E-state index contributed by atoms with van der Waals surface area (Å²) in [6, 6.07) is 18.0. The second-order valence-electron chi connectivity index (χ2n) is 11.2. The van der Waals surface area contributed by atoms with E-state index in [1.807, 2.05) is 31.2 Å². The molecular weight excluding hydrogens is 528 g/mol. The third kappa shape index (κ3) is 7.13. The smallest absolute Gasteiger partial charge is 0.310 e. The Bertz CT molecular complexity index is 1530. The predicted octanol–water partition coefficient (Wildman–Crippen LogP) is 4.04. The van der Waals surface area contributed by atoms with Crippen molar-refractivity contribution in [3.05, 3.63) is 89.6 Å². The van der Waals surface area contributed by atoms with Gasteiger partial charge in [0.25, 0.3) is 0 Å². The van der Waals surface area contributed by atoms with E-state index in [1.165, 1.54) is 5.56 Å². The largest absolute Gasteiger partial charge is 0.461 e. The van der Waals surface area contributed by atoms with Gasteiger partial charge in [0.1, 0.15) is 29.3 Å². The fourth-order valence-corrected chi connectivity index (χ4v) is 5.53. The Morgan fingerprint density at radius 1 is 0.905 bits per heavy atom. The van der Waals surface area contributed by atoms with Crippen LogP contribution in [0.4, 0.5) is 11.6 Å². The molecule has 6 rings (SSSR count). The number of hydrogen-bond donors (Lipinski definition) is 1. The number of nitrogens with one attached hydrogen (secondary N) is 1. The number of likely N-dealkylation sites (tertiary alicyclic amines) is 2. The van der Waals surface area contributed by atoms with Crippen LogP contribution in [0.2, 0.25) is 0 Å². The van der Waals surface area contributed by atoms with Crippen molar-refractivity contribution in [1.82, 2.24) is 34.7 Å². The lowest BCUT2D eigenvalue weighted by Crippen LogP contribution is -2.28. The van der Waals surface area contributed by atoms with Gasteiger partial charge >= 0.3 is 5.97 Å². The number of hydrogen-bond acceptors (Lipinski definition) is 10. The molecule has 2 saturated heterocycles. The summed E-state index contributed by atoms with van der Waals surface area (Å²) in [5, 5.41) is 3.27. The highest BCUT2D eigenvalue weighted by atomic mass is 16.5. The number of ether oxygens (including phenoxy) is 1. The topological polar surface area (TPSA) is 109 Å². The molecule has 1 aromatic carbocycles. The summed E-state index contributed by atoms with van der Waals surface area (Å²) < 4.78 is 5.77. The first-order valence-corrected chi connectivity index (χ1v) is 14.5. The highest BCUT2D eigenvalue weighted by Gasteiger charge is 2.32. The Hall–Kier alpha value is -4.28. The van der Waals surface area contributed by atoms with Crippen LogP contribution in [0.25, 0.3) is 11.5 Å². The predicted molar refractivity (Wildman–Crippen MR) is 160 cm³/mol. The number of carbonyl (C=O) groups is 1. The molecule has 1 unspecified atom stereocenters. The average molecular weight is 565 g/mol. The lowest BCUT2D eigenvalue weighted by molar-refractivity contribution is -0.152. The molecule has 0 aliphatic carbocycles. The average Bonchev–Trinajstić information content (AvgIpc) is 3.63. The Labute approximate surface area is 246 Å². The number of carbonyl (C=O) groups excluding carboxylic acids is 1. The standard InChI is InChI=1S/C32H36N8O2/c1-22-4-3-5-27(35-22)31-34-15-11-29(38-31)36-28-10-14-33-30(37-28)18-23-6-8-24(9-7-23)19-40-17-12-25(20-40)32(41)42-26-13-16-39(2)21-26/h3-11,14-15,25-26H,12-13,16-21H2,1-2H3,(H,33,34,36,37,38)/t25?,26-/m1/s1. The van der Waals surface area contributed by atoms with Gasteiger partial charge in [-0.15, -0.1) is 0 Å². The number of aromatic nitrogens is 5. The fourth-order valence-electron chi connectivity index (χ4n) is 5.53. The van der Waals surface area contributed by atoms with Crippen molar-refractivity contribution in [2.24, 2.45) is 5.92 Å². The van der Waals surface area contributed by atoms with Crippen LogP contribution in [0.5, 0.6) is 0 Å². The van der Waals surface area contributed by atoms with Gasteiger partial charge in [0.05, 0.1) is 5.92 Å². The number of rotatable bonds is 9. The van der Waals surface area contributed by atoms with Gasteiger partial charge in [-0.05, 0) is 68.8 Å². The zero-order valence-electron chi connectivity index (χ0n) is 24.1. The summed E-state index contributed by atoms with van der Waals surface area (Å²) in [7, 11) is 2.07. The molecule has 42 heavy (non-hydrogen) atoms. The van der Waals surface area contributed by atoms with Crippen LogP contribution in [0.1, 0.15) is 35.5 Å². The highest BCUT2D eigenvalue weighted by molar-refractivity contribution is 5.73. The Kier molecular flexibility index (Phi) is 8.43. The lowest BCUT2D eigenvalue weighted by Gasteiger charge is -2.18. The Balaban J connectivity index is 1.02. The van der Waals surface area contributed by atoms with Crippen LogP contribution in [0, 0.1) is 12.8 Å². The van der Waals surface area contributed by atoms with Gasteiger partial charge in [-0.3, -0.25) is 9.69 Å². The van der Waals surface area contributed by atoms with E-state index in [4.69, 9.17) is 9.72 Å². The van der Waals surface area contributed by atoms with Crippen molar-refractivity contribution in [2.45, 2.75) is 38.8 Å². The summed E-state index contributed by atoms with van der Waals surface area (Å²) in [6.45, 7) is 6.28. The maximum Gasteiger partial charge on any atom is 0.310 e. The van der Waals surface area contributed by atoms with Crippen molar-refractivity contribution in [1.29, 1.82) is 0 Å². The molecule has 0 amide bonds. The van der Waals surface area contributed by atoms with Crippen molar-refractivity contribution in [3.8, 4) is 11.5 Å². The van der Waals surface area contributed by atoms with E-state index in [2.05, 4.69) is 66.4 Å². The zero-order valence-corrected chi connectivity index (χ0v) is 24.1. The molecule has 4 aromatic rings. The molecule has 216 valence electrons. The van der Waals surface area contributed by atoms with E-state index < -0.39 is 0 Å². The van der Waals surface area contributed by atoms with Gasteiger partial charge in [-0.25, -0.2) is 24.9 Å². The number of nitrogens with zero attached hydrogens (tertiary/aromatic N) is 7. The number of aryl methyl sites for hydroxylation is 1. The molecule has 10 nitrogen and oxygen atoms in total. The first kappa shape index (κ1) is 27.9. The molecule has 1 N–H and O–H groups in total. The van der Waals surface area contributed by atoms with Gasteiger partial charge in [0.15, 0.2) is 5.82 Å². The van der Waals surface area contributed by atoms with E-state index in [0.29, 0.717) is 23.9 Å². The van der Waals surface area contributed by atoms with E-state index in [9.17, 15) is 4.79 Å². The molecular formula is C32H36N8O2. The minimum Gasteiger partial charge on any atom is -0.461 e. The first-order chi connectivity index (χ1) is 20.5. The van der Waals surface area contributed by atoms with Crippen molar-refractivity contribution in [3.63, 3.8) is 0 Å². The van der Waals surface area contributed by atoms with Crippen LogP contribution in [0.15, 0.2) is 67.0 Å². The number of benzene rings is 1. The fraction of sp³-hybridized carbons (Fsp3) is 0.375. The monoisotopic (exact) mass is 564 g/mol. The van der Waals surface area contributed by atoms with Crippen LogP contribution in [-0.4, -0.2) is 80.0 Å². The van der Waals surface area contributed by atoms with Gasteiger partial charge in [0, 0.05) is 50.7 Å². The second-order valence-corrected chi connectivity index (χ2v) is 11.2. The van der Waals surface area contributed by atoms with Crippen molar-refractivity contribution >= 4 is 17.6 Å². The maximum absolute atomic E-state index is 12.6. The zero-order chi connectivity index (χ0) is 28.9. The van der Waals surface area contributed by atoms with E-state index in [1.54, 1.807) is 18.5 Å². The minimum atomic E-state index is -0.0340. The van der Waals surface area contributed by atoms with E-state index >= 15 is 0 Å². The van der Waals surface area contributed by atoms with Crippen LogP contribution in [0.3, 0.4) is 0 Å². The number of anilines is 2. The van der Waals surface area contributed by atoms with Gasteiger partial charge in [0.2, 0.25) is 0 Å². The van der Waals surface area contributed by atoms with E-state index in [0.717, 1.165) is 68.3 Å². The maximum atomic E-state index is 12.6. The number of esters is 1. The number of likely N-dealkylation sites (N-methyl/N-ethyl adjacent to an activating group) is 1. The molecule has 2 aliphatic heterocycles. The molecule has 0 spiro atoms. The quantitative estimate of drug-likeness (QED) is 0.299. The molecule has 3 aromatic heterocycles. The lowest BCUT2D eigenvalue weighted by atomic mass is 10.1. The molecule has 2 atom stereocenters. The van der Waals surface area contributed by atoms with Crippen LogP contribution >= 0.6 is 0 Å². The highest BCUT2D eigenvalue weighted by Crippen LogP contribution is 2.23. The van der Waals surface area contributed by atoms with E-state index in [-0.39, 0.29) is 18.0 Å². The summed E-state index contributed by atoms with van der Waals surface area (Å²) in [4.78, 5) is 39.9. The normalized spacial score (nSPS) is 19.2. The third-order valence-electron chi connectivity index (χ3n) is 7.76. The molecule has 2 aliphatic rings. The molecule has 10 heteroatoms. The molecule has 2 fully saturated rings. The molecule has 0 radical (unpaired) electrons. The van der Waals surface area contributed by atoms with Crippen molar-refractivity contribution < 1.29 is 9.53 Å². The molecule has 5 heterocycles. The Morgan fingerprint density at radius 2 is 1.69 bits per heavy atom.